The Bertz CT molecular complexity index is 791. The largest absolute Gasteiger partial charge is 0.385 e. The highest BCUT2D eigenvalue weighted by molar-refractivity contribution is 5.68. The van der Waals surface area contributed by atoms with Crippen molar-refractivity contribution in [3.05, 3.63) is 52.1 Å². The lowest BCUT2D eigenvalue weighted by atomic mass is 10.2. The number of benzene rings is 1. The van der Waals surface area contributed by atoms with Gasteiger partial charge in [-0.05, 0) is 12.5 Å². The summed E-state index contributed by atoms with van der Waals surface area (Å²) >= 11 is 0. The number of aromatic nitrogens is 5. The second-order valence-corrected chi connectivity index (χ2v) is 4.53. The van der Waals surface area contributed by atoms with Crippen LogP contribution < -0.4 is 5.56 Å². The molecule has 0 aliphatic heterocycles. The fraction of sp³-hybridized carbons (Fsp3) is 0.231. The molecule has 0 radical (unpaired) electrons. The molecule has 2 aromatic heterocycles. The Morgan fingerprint density at radius 2 is 2.10 bits per heavy atom. The molecule has 0 amide bonds. The first kappa shape index (κ1) is 12.5. The van der Waals surface area contributed by atoms with Gasteiger partial charge in [0.25, 0.3) is 5.56 Å². The first-order valence-corrected chi connectivity index (χ1v) is 6.20. The molecule has 0 spiro atoms. The molecule has 3 rings (SSSR count). The SMILES string of the molecule is C[C@@H](O)c1nc2c(nnn2Cc2ccccc2)c(=O)[nH]1. The second kappa shape index (κ2) is 4.86. The molecule has 7 nitrogen and oxygen atoms in total. The normalized spacial score (nSPS) is 12.7. The predicted octanol–water partition coefficient (Wildman–Crippen LogP) is 0.616. The van der Waals surface area contributed by atoms with Gasteiger partial charge in [0.15, 0.2) is 11.2 Å². The summed E-state index contributed by atoms with van der Waals surface area (Å²) in [7, 11) is 0. The van der Waals surface area contributed by atoms with Gasteiger partial charge in [-0.1, -0.05) is 35.5 Å². The van der Waals surface area contributed by atoms with Gasteiger partial charge in [-0.2, -0.15) is 0 Å². The first-order valence-electron chi connectivity index (χ1n) is 6.20. The zero-order valence-corrected chi connectivity index (χ0v) is 10.8. The molecule has 0 aliphatic carbocycles. The standard InChI is InChI=1S/C13H13N5O2/c1-8(19)11-14-12-10(13(20)15-11)16-17-18(12)7-9-5-3-2-4-6-9/h2-6,8,19H,7H2,1H3,(H,14,15,20)/t8-/m1/s1. The van der Waals surface area contributed by atoms with Gasteiger partial charge in [0, 0.05) is 0 Å². The first-order chi connectivity index (χ1) is 9.65. The summed E-state index contributed by atoms with van der Waals surface area (Å²) in [4.78, 5) is 18.6. The molecular formula is C13H13N5O2. The maximum Gasteiger partial charge on any atom is 0.281 e. The van der Waals surface area contributed by atoms with Crippen LogP contribution in [0.3, 0.4) is 0 Å². The average Bonchev–Trinajstić information content (AvgIpc) is 2.84. The number of H-pyrrole nitrogens is 1. The van der Waals surface area contributed by atoms with E-state index in [9.17, 15) is 9.90 Å². The monoisotopic (exact) mass is 271 g/mol. The molecule has 2 heterocycles. The average molecular weight is 271 g/mol. The zero-order chi connectivity index (χ0) is 14.1. The van der Waals surface area contributed by atoms with E-state index in [-0.39, 0.29) is 11.3 Å². The maximum absolute atomic E-state index is 11.8. The summed E-state index contributed by atoms with van der Waals surface area (Å²) in [5.41, 5.74) is 1.17. The maximum atomic E-state index is 11.8. The molecule has 0 bridgehead atoms. The summed E-state index contributed by atoms with van der Waals surface area (Å²) in [5.74, 6) is 0.208. The van der Waals surface area contributed by atoms with Crippen molar-refractivity contribution >= 4 is 11.2 Å². The second-order valence-electron chi connectivity index (χ2n) is 4.53. The summed E-state index contributed by atoms with van der Waals surface area (Å²) < 4.78 is 1.55. The van der Waals surface area contributed by atoms with Crippen LogP contribution in [0.25, 0.3) is 11.2 Å². The van der Waals surface area contributed by atoms with Crippen LogP contribution >= 0.6 is 0 Å². The minimum absolute atomic E-state index is 0.172. The van der Waals surface area contributed by atoms with E-state index in [2.05, 4.69) is 20.3 Å². The third kappa shape index (κ3) is 2.19. The molecule has 0 saturated heterocycles. The van der Waals surface area contributed by atoms with Crippen molar-refractivity contribution in [1.29, 1.82) is 0 Å². The summed E-state index contributed by atoms with van der Waals surface area (Å²) in [6.45, 7) is 2.00. The third-order valence-electron chi connectivity index (χ3n) is 2.96. The molecular weight excluding hydrogens is 258 g/mol. The zero-order valence-electron chi connectivity index (χ0n) is 10.8. The quantitative estimate of drug-likeness (QED) is 0.727. The Balaban J connectivity index is 2.10. The minimum Gasteiger partial charge on any atom is -0.385 e. The van der Waals surface area contributed by atoms with E-state index in [1.165, 1.54) is 6.92 Å². The number of nitrogens with one attached hydrogen (secondary N) is 1. The van der Waals surface area contributed by atoms with Gasteiger partial charge in [-0.3, -0.25) is 4.79 Å². The van der Waals surface area contributed by atoms with Crippen LogP contribution in [0.2, 0.25) is 0 Å². The Labute approximate surface area is 113 Å². The van der Waals surface area contributed by atoms with E-state index in [1.807, 2.05) is 30.3 Å². The fourth-order valence-corrected chi connectivity index (χ4v) is 1.94. The molecule has 0 aliphatic rings. The molecule has 7 heteroatoms. The van der Waals surface area contributed by atoms with Crippen LogP contribution in [0.4, 0.5) is 0 Å². The van der Waals surface area contributed by atoms with Crippen molar-refractivity contribution in [3.63, 3.8) is 0 Å². The Kier molecular flexibility index (Phi) is 3.03. The summed E-state index contributed by atoms with van der Waals surface area (Å²) in [6.07, 6.45) is -0.854. The van der Waals surface area contributed by atoms with Crippen LogP contribution in [0.15, 0.2) is 35.1 Å². The number of nitrogens with zero attached hydrogens (tertiary/aromatic N) is 4. The van der Waals surface area contributed by atoms with Crippen LogP contribution in [-0.4, -0.2) is 30.1 Å². The Morgan fingerprint density at radius 3 is 2.80 bits per heavy atom. The van der Waals surface area contributed by atoms with E-state index < -0.39 is 11.7 Å². The number of hydrogen-bond acceptors (Lipinski definition) is 5. The highest BCUT2D eigenvalue weighted by atomic mass is 16.3. The van der Waals surface area contributed by atoms with Crippen molar-refractivity contribution in [2.45, 2.75) is 19.6 Å². The topological polar surface area (TPSA) is 96.7 Å². The van der Waals surface area contributed by atoms with Crippen LogP contribution in [0, 0.1) is 0 Å². The molecule has 1 atom stereocenters. The number of aromatic amines is 1. The van der Waals surface area contributed by atoms with Crippen molar-refractivity contribution in [1.82, 2.24) is 25.0 Å². The highest BCUT2D eigenvalue weighted by Crippen LogP contribution is 2.10. The Hall–Kier alpha value is -2.54. The molecule has 0 fully saturated rings. The minimum atomic E-state index is -0.854. The van der Waals surface area contributed by atoms with Crippen LogP contribution in [0.1, 0.15) is 24.4 Å². The smallest absolute Gasteiger partial charge is 0.281 e. The lowest BCUT2D eigenvalue weighted by molar-refractivity contribution is 0.189. The highest BCUT2D eigenvalue weighted by Gasteiger charge is 2.14. The van der Waals surface area contributed by atoms with Crippen LogP contribution in [0.5, 0.6) is 0 Å². The van der Waals surface area contributed by atoms with E-state index >= 15 is 0 Å². The lowest BCUT2D eigenvalue weighted by Crippen LogP contribution is -2.15. The molecule has 20 heavy (non-hydrogen) atoms. The molecule has 102 valence electrons. The van der Waals surface area contributed by atoms with Gasteiger partial charge in [0.2, 0.25) is 0 Å². The number of aliphatic hydroxyl groups excluding tert-OH is 1. The van der Waals surface area contributed by atoms with Crippen molar-refractivity contribution in [2.24, 2.45) is 0 Å². The van der Waals surface area contributed by atoms with Gasteiger partial charge in [-0.25, -0.2) is 9.67 Å². The lowest BCUT2D eigenvalue weighted by Gasteiger charge is -2.05. The van der Waals surface area contributed by atoms with Crippen molar-refractivity contribution in [3.8, 4) is 0 Å². The molecule has 2 N–H and O–H groups in total. The number of fused-ring (bicyclic) bond motifs is 1. The summed E-state index contributed by atoms with van der Waals surface area (Å²) in [6, 6.07) is 9.69. The van der Waals surface area contributed by atoms with Gasteiger partial charge in [0.1, 0.15) is 11.9 Å². The molecule has 3 aromatic rings. The van der Waals surface area contributed by atoms with Gasteiger partial charge in [-0.15, -0.1) is 5.10 Å². The molecule has 1 aromatic carbocycles. The van der Waals surface area contributed by atoms with Gasteiger partial charge < -0.3 is 10.1 Å². The molecule has 0 unspecified atom stereocenters. The number of hydrogen-bond donors (Lipinski definition) is 2. The number of aliphatic hydroxyl groups is 1. The van der Waals surface area contributed by atoms with Gasteiger partial charge >= 0.3 is 0 Å². The van der Waals surface area contributed by atoms with E-state index in [1.54, 1.807) is 4.68 Å². The van der Waals surface area contributed by atoms with Crippen LogP contribution in [-0.2, 0) is 6.54 Å². The fourth-order valence-electron chi connectivity index (χ4n) is 1.94. The van der Waals surface area contributed by atoms with E-state index in [0.29, 0.717) is 12.2 Å². The van der Waals surface area contributed by atoms with Gasteiger partial charge in [0.05, 0.1) is 6.54 Å². The molecule has 0 saturated carbocycles. The third-order valence-corrected chi connectivity index (χ3v) is 2.96. The predicted molar refractivity (Wildman–Crippen MR) is 72.1 cm³/mol. The summed E-state index contributed by atoms with van der Waals surface area (Å²) in [5, 5.41) is 17.3. The Morgan fingerprint density at radius 1 is 1.35 bits per heavy atom. The number of rotatable bonds is 3. The van der Waals surface area contributed by atoms with E-state index in [4.69, 9.17) is 0 Å². The van der Waals surface area contributed by atoms with E-state index in [0.717, 1.165) is 5.56 Å². The van der Waals surface area contributed by atoms with Crippen molar-refractivity contribution < 1.29 is 5.11 Å². The van der Waals surface area contributed by atoms with Crippen molar-refractivity contribution in [2.75, 3.05) is 0 Å².